The highest BCUT2D eigenvalue weighted by molar-refractivity contribution is 7.95. The molecule has 0 saturated carbocycles. The molecule has 124 valence electrons. The van der Waals surface area contributed by atoms with Gasteiger partial charge in [-0.2, -0.15) is 5.26 Å². The lowest BCUT2D eigenvalue weighted by Crippen LogP contribution is -2.04. The van der Waals surface area contributed by atoms with Gasteiger partial charge in [0.1, 0.15) is 16.7 Å². The zero-order chi connectivity index (χ0) is 17.7. The van der Waals surface area contributed by atoms with Crippen molar-refractivity contribution in [3.8, 4) is 11.8 Å². The van der Waals surface area contributed by atoms with Crippen molar-refractivity contribution < 1.29 is 13.2 Å². The van der Waals surface area contributed by atoms with Gasteiger partial charge in [-0.25, -0.2) is 8.42 Å². The van der Waals surface area contributed by atoms with Crippen LogP contribution in [0.4, 0.5) is 0 Å². The molecule has 0 aliphatic carbocycles. The Kier molecular flexibility index (Phi) is 5.89. The van der Waals surface area contributed by atoms with E-state index in [1.807, 2.05) is 6.92 Å². The first-order chi connectivity index (χ1) is 11.4. The third-order valence-corrected chi connectivity index (χ3v) is 5.45. The molecule has 2 rings (SSSR count). The summed E-state index contributed by atoms with van der Waals surface area (Å²) in [6, 6.07) is 12.5. The minimum Gasteiger partial charge on any atom is -0.494 e. The molecule has 0 aliphatic rings. The van der Waals surface area contributed by atoms with E-state index < -0.39 is 14.7 Å². The van der Waals surface area contributed by atoms with Crippen molar-refractivity contribution in [3.05, 3.63) is 63.0 Å². The first-order valence-electron chi connectivity index (χ1n) is 6.93. The fraction of sp³-hybridized carbons (Fsp3) is 0.118. The summed E-state index contributed by atoms with van der Waals surface area (Å²) in [4.78, 5) is -0.619. The molecule has 0 radical (unpaired) electrons. The van der Waals surface area contributed by atoms with Gasteiger partial charge in [0.05, 0.1) is 16.5 Å². The van der Waals surface area contributed by atoms with Crippen LogP contribution in [-0.4, -0.2) is 15.0 Å². The molecule has 0 bridgehead atoms. The molecule has 4 nitrogen and oxygen atoms in total. The molecule has 0 unspecified atom stereocenters. The van der Waals surface area contributed by atoms with Crippen molar-refractivity contribution in [1.82, 2.24) is 0 Å². The van der Waals surface area contributed by atoms with Crippen LogP contribution in [0.5, 0.6) is 5.75 Å². The summed E-state index contributed by atoms with van der Waals surface area (Å²) < 4.78 is 30.6. The Hall–Kier alpha value is -2.00. The monoisotopic (exact) mass is 381 g/mol. The standard InChI is InChI=1S/C17H13Cl2NO3S/c1-2-23-14-6-3-12(4-7-14)9-15(11-20)24(21,22)17-10-13(18)5-8-16(17)19/h3-10H,2H2,1H3/b15-9+. The molecule has 0 aromatic heterocycles. The second-order valence-electron chi connectivity index (χ2n) is 4.70. The largest absolute Gasteiger partial charge is 0.494 e. The molecule has 0 spiro atoms. The van der Waals surface area contributed by atoms with Gasteiger partial charge in [0.15, 0.2) is 0 Å². The van der Waals surface area contributed by atoms with Crippen LogP contribution in [0.2, 0.25) is 10.0 Å². The lowest BCUT2D eigenvalue weighted by molar-refractivity contribution is 0.340. The predicted molar refractivity (Wildman–Crippen MR) is 94.8 cm³/mol. The Bertz CT molecular complexity index is 914. The van der Waals surface area contributed by atoms with Gasteiger partial charge in [0.25, 0.3) is 0 Å². The minimum atomic E-state index is -4.07. The van der Waals surface area contributed by atoms with Crippen LogP contribution >= 0.6 is 23.2 Å². The normalized spacial score (nSPS) is 11.8. The number of hydrogen-bond donors (Lipinski definition) is 0. The second-order valence-corrected chi connectivity index (χ2v) is 7.43. The third kappa shape index (κ3) is 4.09. The van der Waals surface area contributed by atoms with Crippen LogP contribution in [0.25, 0.3) is 6.08 Å². The Balaban J connectivity index is 2.46. The van der Waals surface area contributed by atoms with E-state index in [2.05, 4.69) is 0 Å². The number of allylic oxidation sites excluding steroid dienone is 1. The fourth-order valence-corrected chi connectivity index (χ4v) is 3.86. The molecule has 0 aliphatic heterocycles. The smallest absolute Gasteiger partial charge is 0.218 e. The summed E-state index contributed by atoms with van der Waals surface area (Å²) in [5, 5.41) is 9.51. The number of hydrogen-bond acceptors (Lipinski definition) is 4. The lowest BCUT2D eigenvalue weighted by atomic mass is 10.2. The van der Waals surface area contributed by atoms with Crippen molar-refractivity contribution >= 4 is 39.1 Å². The molecular formula is C17H13Cl2NO3S. The summed E-state index contributed by atoms with van der Waals surface area (Å²) in [5.74, 6) is 0.661. The Labute approximate surface area is 150 Å². The molecule has 7 heteroatoms. The number of halogens is 2. The van der Waals surface area contributed by atoms with Gasteiger partial charge >= 0.3 is 0 Å². The number of sulfone groups is 1. The molecule has 0 N–H and O–H groups in total. The highest BCUT2D eigenvalue weighted by Crippen LogP contribution is 2.30. The quantitative estimate of drug-likeness (QED) is 0.701. The van der Waals surface area contributed by atoms with Crippen molar-refractivity contribution in [3.63, 3.8) is 0 Å². The van der Waals surface area contributed by atoms with Crippen LogP contribution in [0, 0.1) is 11.3 Å². The molecule has 0 fully saturated rings. The summed E-state index contributed by atoms with van der Waals surface area (Å²) in [5.41, 5.74) is 0.553. The van der Waals surface area contributed by atoms with Crippen molar-refractivity contribution in [1.29, 1.82) is 5.26 Å². The van der Waals surface area contributed by atoms with E-state index in [-0.39, 0.29) is 14.9 Å². The third-order valence-electron chi connectivity index (χ3n) is 3.07. The number of benzene rings is 2. The van der Waals surface area contributed by atoms with E-state index in [0.717, 1.165) is 0 Å². The van der Waals surface area contributed by atoms with E-state index in [4.69, 9.17) is 27.9 Å². The van der Waals surface area contributed by atoms with Gasteiger partial charge in [-0.05, 0) is 48.9 Å². The molecule has 0 heterocycles. The highest BCUT2D eigenvalue weighted by Gasteiger charge is 2.24. The van der Waals surface area contributed by atoms with Crippen molar-refractivity contribution in [2.45, 2.75) is 11.8 Å². The molecule has 0 amide bonds. The lowest BCUT2D eigenvalue weighted by Gasteiger charge is -2.06. The second kappa shape index (κ2) is 7.71. The number of ether oxygens (including phenoxy) is 1. The van der Waals surface area contributed by atoms with Crippen LogP contribution in [-0.2, 0) is 9.84 Å². The summed E-state index contributed by atoms with van der Waals surface area (Å²) >= 11 is 11.8. The van der Waals surface area contributed by atoms with E-state index in [1.54, 1.807) is 30.3 Å². The number of nitriles is 1. The van der Waals surface area contributed by atoms with Crippen molar-refractivity contribution in [2.24, 2.45) is 0 Å². The van der Waals surface area contributed by atoms with Gasteiger partial charge < -0.3 is 4.74 Å². The highest BCUT2D eigenvalue weighted by atomic mass is 35.5. The first-order valence-corrected chi connectivity index (χ1v) is 9.17. The van der Waals surface area contributed by atoms with E-state index in [0.29, 0.717) is 17.9 Å². The molecular weight excluding hydrogens is 369 g/mol. The Morgan fingerprint density at radius 2 is 1.88 bits per heavy atom. The van der Waals surface area contributed by atoms with Gasteiger partial charge in [0, 0.05) is 5.02 Å². The molecule has 0 saturated heterocycles. The maximum atomic E-state index is 12.7. The maximum Gasteiger partial charge on any atom is 0.218 e. The topological polar surface area (TPSA) is 67.2 Å². The first kappa shape index (κ1) is 18.3. The Morgan fingerprint density at radius 1 is 1.21 bits per heavy atom. The fourth-order valence-electron chi connectivity index (χ4n) is 1.95. The molecule has 0 atom stereocenters. The van der Waals surface area contributed by atoms with Gasteiger partial charge in [-0.15, -0.1) is 0 Å². The summed E-state index contributed by atoms with van der Waals surface area (Å²) in [6.45, 7) is 2.39. The van der Waals surface area contributed by atoms with Gasteiger partial charge in [-0.1, -0.05) is 35.3 Å². The summed E-state index contributed by atoms with van der Waals surface area (Å²) in [7, 11) is -4.07. The molecule has 24 heavy (non-hydrogen) atoms. The number of rotatable bonds is 5. The van der Waals surface area contributed by atoms with Crippen LogP contribution in [0.1, 0.15) is 12.5 Å². The van der Waals surface area contributed by atoms with E-state index >= 15 is 0 Å². The predicted octanol–water partition coefficient (Wildman–Crippen LogP) is 4.73. The maximum absolute atomic E-state index is 12.7. The van der Waals surface area contributed by atoms with E-state index in [9.17, 15) is 13.7 Å². The molecule has 2 aromatic carbocycles. The average molecular weight is 382 g/mol. The summed E-state index contributed by atoms with van der Waals surface area (Å²) in [6.07, 6.45) is 1.28. The van der Waals surface area contributed by atoms with Crippen LogP contribution < -0.4 is 4.74 Å². The minimum absolute atomic E-state index is 0.00671. The zero-order valence-electron chi connectivity index (χ0n) is 12.7. The molecule has 2 aromatic rings. The van der Waals surface area contributed by atoms with Crippen molar-refractivity contribution in [2.75, 3.05) is 6.61 Å². The number of nitrogens with zero attached hydrogens (tertiary/aromatic N) is 1. The van der Waals surface area contributed by atoms with Crippen LogP contribution in [0.15, 0.2) is 52.3 Å². The van der Waals surface area contributed by atoms with Crippen LogP contribution in [0.3, 0.4) is 0 Å². The SMILES string of the molecule is CCOc1ccc(/C=C(\C#N)S(=O)(=O)c2cc(Cl)ccc2Cl)cc1. The zero-order valence-corrected chi connectivity index (χ0v) is 15.0. The van der Waals surface area contributed by atoms with E-state index in [1.165, 1.54) is 24.3 Å². The Morgan fingerprint density at radius 3 is 2.46 bits per heavy atom. The average Bonchev–Trinajstić information content (AvgIpc) is 2.56. The van der Waals surface area contributed by atoms with Gasteiger partial charge in [-0.3, -0.25) is 0 Å². The van der Waals surface area contributed by atoms with Gasteiger partial charge in [0.2, 0.25) is 9.84 Å².